The lowest BCUT2D eigenvalue weighted by Crippen LogP contribution is -2.38. The molecule has 0 saturated heterocycles. The fraction of sp³-hybridized carbons (Fsp3) is 0.172. The van der Waals surface area contributed by atoms with E-state index >= 15 is 0 Å². The highest BCUT2D eigenvalue weighted by Crippen LogP contribution is 2.40. The highest BCUT2D eigenvalue weighted by atomic mass is 32.1. The highest BCUT2D eigenvalue weighted by molar-refractivity contribution is 7.14. The molecule has 1 aliphatic rings. The van der Waals surface area contributed by atoms with Gasteiger partial charge in [-0.15, -0.1) is 11.3 Å². The second-order valence-corrected chi connectivity index (χ2v) is 9.61. The number of nitrogens with zero attached hydrogens (tertiary/aromatic N) is 3. The maximum Gasteiger partial charge on any atom is 0.360 e. The Labute approximate surface area is 218 Å². The standard InChI is InChI=1S/C29H24N4O3S/c30-18-25(20-16-17-20)36-33-26(27(34)35)24-19-37-28(31-24)32-29(21-10-4-1-5-11-21,22-12-6-2-7-13-22)23-14-8-3-9-15-23/h1-15,19-20,25H,16-17H2,(H,31,32)(H,34,35)/b33-26-. The summed E-state index contributed by atoms with van der Waals surface area (Å²) in [6, 6.07) is 32.2. The van der Waals surface area contributed by atoms with E-state index in [1.54, 1.807) is 5.38 Å². The second kappa shape index (κ2) is 10.6. The van der Waals surface area contributed by atoms with E-state index in [0.29, 0.717) is 5.13 Å². The van der Waals surface area contributed by atoms with Crippen LogP contribution < -0.4 is 5.32 Å². The molecule has 5 rings (SSSR count). The van der Waals surface area contributed by atoms with E-state index in [1.807, 2.05) is 60.7 Å². The van der Waals surface area contributed by atoms with E-state index < -0.39 is 17.6 Å². The highest BCUT2D eigenvalue weighted by Gasteiger charge is 2.37. The van der Waals surface area contributed by atoms with Crippen molar-refractivity contribution in [3.8, 4) is 6.07 Å². The van der Waals surface area contributed by atoms with Crippen LogP contribution in [-0.4, -0.2) is 27.9 Å². The van der Waals surface area contributed by atoms with Gasteiger partial charge in [0, 0.05) is 11.3 Å². The smallest absolute Gasteiger partial charge is 0.360 e. The van der Waals surface area contributed by atoms with E-state index in [-0.39, 0.29) is 17.3 Å². The Kier molecular flexibility index (Phi) is 6.97. The molecule has 184 valence electrons. The van der Waals surface area contributed by atoms with Gasteiger partial charge in [0.1, 0.15) is 17.3 Å². The lowest BCUT2D eigenvalue weighted by molar-refractivity contribution is -0.129. The molecule has 37 heavy (non-hydrogen) atoms. The van der Waals surface area contributed by atoms with Crippen LogP contribution in [0.15, 0.2) is 102 Å². The number of aliphatic carboxylic acids is 1. The molecule has 1 unspecified atom stereocenters. The van der Waals surface area contributed by atoms with Crippen LogP contribution in [0.25, 0.3) is 0 Å². The molecular weight excluding hydrogens is 484 g/mol. The number of nitrogens with one attached hydrogen (secondary N) is 1. The topological polar surface area (TPSA) is 108 Å². The Morgan fingerprint density at radius 3 is 1.95 bits per heavy atom. The first-order valence-electron chi connectivity index (χ1n) is 11.9. The molecule has 7 nitrogen and oxygen atoms in total. The van der Waals surface area contributed by atoms with Gasteiger partial charge in [-0.3, -0.25) is 0 Å². The van der Waals surface area contributed by atoms with Crippen LogP contribution in [0, 0.1) is 17.2 Å². The molecule has 0 bridgehead atoms. The van der Waals surface area contributed by atoms with Crippen LogP contribution in [0.1, 0.15) is 35.2 Å². The van der Waals surface area contributed by atoms with Gasteiger partial charge in [-0.05, 0) is 29.5 Å². The maximum atomic E-state index is 12.0. The molecule has 1 aromatic heterocycles. The van der Waals surface area contributed by atoms with Crippen molar-refractivity contribution in [1.29, 1.82) is 5.26 Å². The first kappa shape index (κ1) is 24.2. The minimum atomic E-state index is -1.27. The predicted molar refractivity (Wildman–Crippen MR) is 142 cm³/mol. The van der Waals surface area contributed by atoms with Crippen molar-refractivity contribution >= 4 is 28.1 Å². The average molecular weight is 509 g/mol. The number of rotatable bonds is 10. The zero-order valence-electron chi connectivity index (χ0n) is 19.8. The van der Waals surface area contributed by atoms with Gasteiger partial charge in [0.25, 0.3) is 0 Å². The second-order valence-electron chi connectivity index (χ2n) is 8.75. The molecule has 1 saturated carbocycles. The summed E-state index contributed by atoms with van der Waals surface area (Å²) >= 11 is 1.28. The summed E-state index contributed by atoms with van der Waals surface area (Å²) in [6.45, 7) is 0. The van der Waals surface area contributed by atoms with Gasteiger partial charge in [-0.1, -0.05) is 96.2 Å². The van der Waals surface area contributed by atoms with Crippen LogP contribution in [0.2, 0.25) is 0 Å². The van der Waals surface area contributed by atoms with Gasteiger partial charge in [0.05, 0.1) is 0 Å². The quantitative estimate of drug-likeness (QED) is 0.163. The maximum absolute atomic E-state index is 12.0. The van der Waals surface area contributed by atoms with Crippen molar-refractivity contribution in [1.82, 2.24) is 4.98 Å². The summed E-state index contributed by atoms with van der Waals surface area (Å²) < 4.78 is 0. The Bertz CT molecular complexity index is 1330. The minimum absolute atomic E-state index is 0.0969. The minimum Gasteiger partial charge on any atom is -0.476 e. The molecule has 0 amide bonds. The van der Waals surface area contributed by atoms with Gasteiger partial charge >= 0.3 is 5.97 Å². The summed E-state index contributed by atoms with van der Waals surface area (Å²) in [5, 5.41) is 28.7. The van der Waals surface area contributed by atoms with E-state index in [9.17, 15) is 15.2 Å². The van der Waals surface area contributed by atoms with Crippen LogP contribution in [0.5, 0.6) is 0 Å². The molecule has 1 fully saturated rings. The van der Waals surface area contributed by atoms with Crippen molar-refractivity contribution < 1.29 is 14.7 Å². The summed E-state index contributed by atoms with van der Waals surface area (Å²) in [4.78, 5) is 21.9. The zero-order chi connectivity index (χ0) is 25.7. The van der Waals surface area contributed by atoms with Gasteiger partial charge in [-0.25, -0.2) is 9.78 Å². The summed E-state index contributed by atoms with van der Waals surface area (Å²) in [5.74, 6) is -1.18. The number of benzene rings is 3. The van der Waals surface area contributed by atoms with Crippen LogP contribution in [-0.2, 0) is 15.2 Å². The third-order valence-corrected chi connectivity index (χ3v) is 7.06. The number of anilines is 1. The van der Waals surface area contributed by atoms with Crippen LogP contribution in [0.3, 0.4) is 0 Å². The fourth-order valence-corrected chi connectivity index (χ4v) is 5.05. The average Bonchev–Trinajstić information content (AvgIpc) is 3.69. The first-order valence-corrected chi connectivity index (χ1v) is 12.8. The number of nitriles is 1. The number of thiazole rings is 1. The summed E-state index contributed by atoms with van der Waals surface area (Å²) in [5.41, 5.74) is 2.03. The summed E-state index contributed by atoms with van der Waals surface area (Å²) in [7, 11) is 0. The van der Waals surface area contributed by atoms with Crippen molar-refractivity contribution in [2.24, 2.45) is 11.1 Å². The molecule has 0 radical (unpaired) electrons. The molecule has 3 aromatic carbocycles. The Hall–Kier alpha value is -4.48. The number of hydrogen-bond acceptors (Lipinski definition) is 7. The molecule has 1 heterocycles. The van der Waals surface area contributed by atoms with Gasteiger partial charge in [-0.2, -0.15) is 5.26 Å². The van der Waals surface area contributed by atoms with Gasteiger partial charge in [0.15, 0.2) is 5.13 Å². The SMILES string of the molecule is N#CC(O/N=C(\C(=O)O)c1csc(NC(c2ccccc2)(c2ccccc2)c2ccccc2)n1)C1CC1. The van der Waals surface area contributed by atoms with E-state index in [0.717, 1.165) is 29.5 Å². The monoisotopic (exact) mass is 508 g/mol. The molecule has 1 atom stereocenters. The Balaban J connectivity index is 1.57. The molecule has 1 aliphatic carbocycles. The van der Waals surface area contributed by atoms with Crippen molar-refractivity contribution in [2.45, 2.75) is 24.5 Å². The lowest BCUT2D eigenvalue weighted by atomic mass is 9.77. The largest absolute Gasteiger partial charge is 0.476 e. The molecule has 0 spiro atoms. The molecule has 4 aromatic rings. The number of aromatic nitrogens is 1. The number of carbonyl (C=O) groups is 1. The number of oxime groups is 1. The number of carboxylic acid groups (broad SMARTS) is 1. The summed E-state index contributed by atoms with van der Waals surface area (Å²) in [6.07, 6.45) is 0.996. The van der Waals surface area contributed by atoms with Crippen molar-refractivity contribution in [2.75, 3.05) is 5.32 Å². The van der Waals surface area contributed by atoms with Gasteiger partial charge < -0.3 is 15.3 Å². The molecule has 2 N–H and O–H groups in total. The van der Waals surface area contributed by atoms with Gasteiger partial charge in [0.2, 0.25) is 11.8 Å². The van der Waals surface area contributed by atoms with Crippen LogP contribution >= 0.6 is 11.3 Å². The van der Waals surface area contributed by atoms with Crippen molar-refractivity contribution in [3.63, 3.8) is 0 Å². The lowest BCUT2D eigenvalue weighted by Gasteiger charge is -2.36. The third kappa shape index (κ3) is 5.08. The molecule has 8 heteroatoms. The van der Waals surface area contributed by atoms with Crippen molar-refractivity contribution in [3.05, 3.63) is 119 Å². The van der Waals surface area contributed by atoms with E-state index in [4.69, 9.17) is 4.84 Å². The fourth-order valence-electron chi connectivity index (χ4n) is 4.30. The third-order valence-electron chi connectivity index (χ3n) is 6.30. The molecule has 0 aliphatic heterocycles. The Morgan fingerprint density at radius 1 is 1.00 bits per heavy atom. The number of hydrogen-bond donors (Lipinski definition) is 2. The first-order chi connectivity index (χ1) is 18.1. The normalized spacial score (nSPS) is 14.4. The van der Waals surface area contributed by atoms with Crippen LogP contribution in [0.4, 0.5) is 5.13 Å². The Morgan fingerprint density at radius 2 is 1.51 bits per heavy atom. The molecular formula is C29H24N4O3S. The van der Waals surface area contributed by atoms with E-state index in [2.05, 4.69) is 51.9 Å². The predicted octanol–water partition coefficient (Wildman–Crippen LogP) is 5.65. The number of carboxylic acids is 1. The van der Waals surface area contributed by atoms with E-state index in [1.165, 1.54) is 11.3 Å². The zero-order valence-corrected chi connectivity index (χ0v) is 20.6.